The third-order valence-electron chi connectivity index (χ3n) is 4.28. The van der Waals surface area contributed by atoms with Crippen LogP contribution >= 0.6 is 0 Å². The molecule has 2 heterocycles. The number of aryl methyl sites for hydroxylation is 1. The van der Waals surface area contributed by atoms with Crippen LogP contribution in [0.25, 0.3) is 0 Å². The molecule has 0 aliphatic carbocycles. The van der Waals surface area contributed by atoms with Gasteiger partial charge in [0.2, 0.25) is 11.8 Å². The first-order valence-electron chi connectivity index (χ1n) is 8.13. The van der Waals surface area contributed by atoms with Crippen LogP contribution in [0.3, 0.4) is 0 Å². The summed E-state index contributed by atoms with van der Waals surface area (Å²) in [6, 6.07) is -0.819. The number of halogens is 5. The lowest BCUT2D eigenvalue weighted by Crippen LogP contribution is -2.59. The highest BCUT2D eigenvalue weighted by Gasteiger charge is 2.45. The van der Waals surface area contributed by atoms with Crippen molar-refractivity contribution in [1.82, 2.24) is 15.2 Å². The van der Waals surface area contributed by atoms with Gasteiger partial charge in [-0.3, -0.25) is 14.6 Å². The molecule has 0 spiro atoms. The Labute approximate surface area is 152 Å². The average molecular weight is 391 g/mol. The predicted molar refractivity (Wildman–Crippen MR) is 85.8 cm³/mol. The van der Waals surface area contributed by atoms with Gasteiger partial charge in [0, 0.05) is 38.3 Å². The molecule has 1 atom stereocenters. The van der Waals surface area contributed by atoms with Gasteiger partial charge in [-0.05, 0) is 24.1 Å². The van der Waals surface area contributed by atoms with Crippen LogP contribution in [0.2, 0.25) is 0 Å². The minimum absolute atomic E-state index is 0.172. The van der Waals surface area contributed by atoms with Crippen LogP contribution in [-0.4, -0.2) is 46.8 Å². The van der Waals surface area contributed by atoms with Crippen LogP contribution in [0.1, 0.15) is 24.0 Å². The molecule has 2 rings (SSSR count). The smallest absolute Gasteiger partial charge is 0.346 e. The Morgan fingerprint density at radius 2 is 2.11 bits per heavy atom. The van der Waals surface area contributed by atoms with Gasteiger partial charge in [-0.2, -0.15) is 13.2 Å². The van der Waals surface area contributed by atoms with E-state index in [-0.39, 0.29) is 18.5 Å². The molecule has 148 valence electrons. The van der Waals surface area contributed by atoms with Gasteiger partial charge >= 0.3 is 6.18 Å². The lowest BCUT2D eigenvalue weighted by molar-refractivity contribution is -0.140. The molecule has 5 nitrogen and oxygen atoms in total. The highest BCUT2D eigenvalue weighted by molar-refractivity contribution is 5.87. The molecule has 0 aromatic carbocycles. The fourth-order valence-corrected chi connectivity index (χ4v) is 2.80. The van der Waals surface area contributed by atoms with Gasteiger partial charge in [0.25, 0.3) is 5.92 Å². The van der Waals surface area contributed by atoms with Crippen LogP contribution in [0.4, 0.5) is 22.0 Å². The minimum Gasteiger partial charge on any atom is -0.346 e. The second-order valence-electron chi connectivity index (χ2n) is 6.15. The van der Waals surface area contributed by atoms with E-state index in [9.17, 15) is 31.5 Å². The third-order valence-corrected chi connectivity index (χ3v) is 4.28. The summed E-state index contributed by atoms with van der Waals surface area (Å²) >= 11 is 0. The van der Waals surface area contributed by atoms with E-state index in [4.69, 9.17) is 0 Å². The Kier molecular flexibility index (Phi) is 6.17. The number of piperidine rings is 1. The molecule has 0 unspecified atom stereocenters. The Morgan fingerprint density at radius 1 is 1.41 bits per heavy atom. The van der Waals surface area contributed by atoms with Crippen molar-refractivity contribution in [2.24, 2.45) is 0 Å². The SMILES string of the molecule is C=CC(=O)N1CCC(F)(F)[C@H](NC(=O)CCc2cnccc2C(F)(F)F)C1. The van der Waals surface area contributed by atoms with E-state index in [1.54, 1.807) is 0 Å². The molecule has 1 aliphatic rings. The minimum atomic E-state index is -4.60. The number of alkyl halides is 5. The summed E-state index contributed by atoms with van der Waals surface area (Å²) in [6.45, 7) is 2.72. The zero-order chi connectivity index (χ0) is 20.2. The standard InChI is InChI=1S/C17H18F5N3O2/c1-2-15(27)25-8-6-16(18,19)13(10-25)24-14(26)4-3-11-9-23-7-5-12(11)17(20,21)22/h2,5,7,9,13H,1,3-4,6,8,10H2,(H,24,26)/t13-/m1/s1. The molecule has 1 aliphatic heterocycles. The van der Waals surface area contributed by atoms with Gasteiger partial charge in [-0.1, -0.05) is 6.58 Å². The number of carbonyl (C=O) groups is 2. The number of nitrogens with one attached hydrogen (secondary N) is 1. The molecule has 1 saturated heterocycles. The van der Waals surface area contributed by atoms with Gasteiger partial charge in [0.1, 0.15) is 6.04 Å². The maximum atomic E-state index is 14.0. The van der Waals surface area contributed by atoms with Crippen LogP contribution in [0, 0.1) is 0 Å². The average Bonchev–Trinajstić information content (AvgIpc) is 2.60. The maximum absolute atomic E-state index is 14.0. The lowest BCUT2D eigenvalue weighted by Gasteiger charge is -2.38. The second kappa shape index (κ2) is 8.01. The van der Waals surface area contributed by atoms with E-state index >= 15 is 0 Å². The van der Waals surface area contributed by atoms with Gasteiger partial charge in [0.15, 0.2) is 0 Å². The van der Waals surface area contributed by atoms with E-state index in [0.29, 0.717) is 0 Å². The first-order valence-corrected chi connectivity index (χ1v) is 8.13. The monoisotopic (exact) mass is 391 g/mol. The zero-order valence-electron chi connectivity index (χ0n) is 14.2. The molecule has 0 bridgehead atoms. The molecule has 1 N–H and O–H groups in total. The molecular formula is C17H18F5N3O2. The number of hydrogen-bond acceptors (Lipinski definition) is 3. The fraction of sp³-hybridized carbons (Fsp3) is 0.471. The van der Waals surface area contributed by atoms with Gasteiger partial charge in [0.05, 0.1) is 5.56 Å². The highest BCUT2D eigenvalue weighted by atomic mass is 19.4. The van der Waals surface area contributed by atoms with Crippen molar-refractivity contribution in [1.29, 1.82) is 0 Å². The maximum Gasteiger partial charge on any atom is 0.416 e. The van der Waals surface area contributed by atoms with E-state index in [2.05, 4.69) is 16.9 Å². The van der Waals surface area contributed by atoms with Crippen LogP contribution < -0.4 is 5.32 Å². The summed E-state index contributed by atoms with van der Waals surface area (Å²) in [7, 11) is 0. The largest absolute Gasteiger partial charge is 0.416 e. The molecule has 27 heavy (non-hydrogen) atoms. The Bertz CT molecular complexity index is 721. The van der Waals surface area contributed by atoms with Crippen molar-refractivity contribution in [3.63, 3.8) is 0 Å². The zero-order valence-corrected chi connectivity index (χ0v) is 14.2. The number of amides is 2. The number of likely N-dealkylation sites (tertiary alicyclic amines) is 1. The van der Waals surface area contributed by atoms with Crippen molar-refractivity contribution >= 4 is 11.8 Å². The molecule has 1 aromatic rings. The lowest BCUT2D eigenvalue weighted by atomic mass is 10.00. The Hall–Kier alpha value is -2.52. The second-order valence-corrected chi connectivity index (χ2v) is 6.15. The van der Waals surface area contributed by atoms with Crippen molar-refractivity contribution in [2.75, 3.05) is 13.1 Å². The van der Waals surface area contributed by atoms with E-state index in [1.807, 2.05) is 0 Å². The Balaban J connectivity index is 2.00. The fourth-order valence-electron chi connectivity index (χ4n) is 2.80. The highest BCUT2D eigenvalue weighted by Crippen LogP contribution is 2.32. The number of hydrogen-bond donors (Lipinski definition) is 1. The van der Waals surface area contributed by atoms with E-state index in [1.165, 1.54) is 0 Å². The molecule has 1 aromatic heterocycles. The van der Waals surface area contributed by atoms with Crippen molar-refractivity contribution in [2.45, 2.75) is 37.4 Å². The van der Waals surface area contributed by atoms with Crippen LogP contribution in [0.5, 0.6) is 0 Å². The van der Waals surface area contributed by atoms with Crippen molar-refractivity contribution < 1.29 is 31.5 Å². The summed E-state index contributed by atoms with van der Waals surface area (Å²) in [5.41, 5.74) is -1.12. The molecule has 1 fully saturated rings. The normalized spacial score (nSPS) is 19.4. The summed E-state index contributed by atoms with van der Waals surface area (Å²) in [6.07, 6.45) is -2.98. The summed E-state index contributed by atoms with van der Waals surface area (Å²) in [5, 5.41) is 2.13. The number of nitrogens with zero attached hydrogens (tertiary/aromatic N) is 2. The quantitative estimate of drug-likeness (QED) is 0.620. The number of rotatable bonds is 5. The van der Waals surface area contributed by atoms with E-state index < -0.39 is 54.9 Å². The number of pyridine rings is 1. The number of aromatic nitrogens is 1. The predicted octanol–water partition coefficient (Wildman–Crippen LogP) is 2.57. The number of carbonyl (C=O) groups excluding carboxylic acids is 2. The molecule has 2 amide bonds. The summed E-state index contributed by atoms with van der Waals surface area (Å²) in [5.74, 6) is -4.58. The Morgan fingerprint density at radius 3 is 2.74 bits per heavy atom. The van der Waals surface area contributed by atoms with Crippen molar-refractivity contribution in [3.8, 4) is 0 Å². The van der Waals surface area contributed by atoms with Crippen LogP contribution in [0.15, 0.2) is 31.1 Å². The van der Waals surface area contributed by atoms with Gasteiger partial charge in [-0.15, -0.1) is 0 Å². The topological polar surface area (TPSA) is 62.3 Å². The molecular weight excluding hydrogens is 373 g/mol. The summed E-state index contributed by atoms with van der Waals surface area (Å²) < 4.78 is 66.8. The molecule has 0 saturated carbocycles. The molecule has 10 heteroatoms. The third kappa shape index (κ3) is 5.24. The van der Waals surface area contributed by atoms with Crippen LogP contribution in [-0.2, 0) is 22.2 Å². The van der Waals surface area contributed by atoms with Gasteiger partial charge < -0.3 is 10.2 Å². The first kappa shape index (κ1) is 20.8. The molecule has 0 radical (unpaired) electrons. The van der Waals surface area contributed by atoms with Crippen molar-refractivity contribution in [3.05, 3.63) is 42.2 Å². The van der Waals surface area contributed by atoms with Gasteiger partial charge in [-0.25, -0.2) is 8.78 Å². The van der Waals surface area contributed by atoms with E-state index in [0.717, 1.165) is 29.4 Å². The first-order chi connectivity index (χ1) is 12.5. The summed E-state index contributed by atoms with van der Waals surface area (Å²) in [4.78, 5) is 28.3.